The first kappa shape index (κ1) is 20.5. The van der Waals surface area contributed by atoms with Crippen LogP contribution in [0.2, 0.25) is 0 Å². The fourth-order valence-corrected chi connectivity index (χ4v) is 5.01. The van der Waals surface area contributed by atoms with Gasteiger partial charge < -0.3 is 9.73 Å². The van der Waals surface area contributed by atoms with Crippen LogP contribution >= 0.6 is 0 Å². The Balaban J connectivity index is 1.62. The molecule has 28 heavy (non-hydrogen) atoms. The summed E-state index contributed by atoms with van der Waals surface area (Å²) in [6.07, 6.45) is 4.57. The van der Waals surface area contributed by atoms with Crippen LogP contribution in [-0.2, 0) is 21.2 Å². The monoisotopic (exact) mass is 406 g/mol. The summed E-state index contributed by atoms with van der Waals surface area (Å²) in [4.78, 5) is 24.2. The molecule has 8 heteroatoms. The Morgan fingerprint density at radius 1 is 1.29 bits per heavy atom. The lowest BCUT2D eigenvalue weighted by molar-refractivity contribution is -0.120. The molecular weight excluding hydrogens is 380 g/mol. The summed E-state index contributed by atoms with van der Waals surface area (Å²) >= 11 is 0. The van der Waals surface area contributed by atoms with E-state index < -0.39 is 15.6 Å². The van der Waals surface area contributed by atoms with Crippen molar-refractivity contribution in [2.45, 2.75) is 45.1 Å². The minimum Gasteiger partial charge on any atom is -0.423 e. The number of aryl methyl sites for hydroxylation is 1. The van der Waals surface area contributed by atoms with Crippen LogP contribution in [0, 0.1) is 6.92 Å². The Hall–Kier alpha value is -2.19. The molecule has 2 aromatic rings. The summed E-state index contributed by atoms with van der Waals surface area (Å²) in [5.41, 5.74) is 1.59. The number of carbonyl (C=O) groups is 1. The van der Waals surface area contributed by atoms with E-state index in [9.17, 15) is 18.0 Å². The molecule has 1 aromatic carbocycles. The van der Waals surface area contributed by atoms with E-state index in [1.807, 2.05) is 19.1 Å². The molecule has 152 valence electrons. The number of nitrogens with zero attached hydrogens (tertiary/aromatic N) is 1. The summed E-state index contributed by atoms with van der Waals surface area (Å²) in [6, 6.07) is 6.82. The van der Waals surface area contributed by atoms with Crippen LogP contribution in [0.4, 0.5) is 0 Å². The van der Waals surface area contributed by atoms with Crippen LogP contribution in [0.25, 0.3) is 11.0 Å². The summed E-state index contributed by atoms with van der Waals surface area (Å²) in [7, 11) is -3.23. The number of amides is 1. The molecule has 1 amide bonds. The first-order valence-corrected chi connectivity index (χ1v) is 11.4. The topological polar surface area (TPSA) is 96.7 Å². The summed E-state index contributed by atoms with van der Waals surface area (Å²) in [5.74, 6) is -0.200. The first-order valence-electron chi connectivity index (χ1n) is 9.51. The molecule has 0 bridgehead atoms. The minimum absolute atomic E-state index is 0.0726. The molecule has 1 aliphatic rings. The number of hydrogen-bond acceptors (Lipinski definition) is 5. The van der Waals surface area contributed by atoms with Crippen molar-refractivity contribution in [1.82, 2.24) is 9.62 Å². The van der Waals surface area contributed by atoms with Crippen LogP contribution in [0.1, 0.15) is 36.8 Å². The Bertz CT molecular complexity index is 1030. The molecule has 1 aromatic heterocycles. The van der Waals surface area contributed by atoms with E-state index in [1.165, 1.54) is 12.3 Å². The van der Waals surface area contributed by atoms with Crippen molar-refractivity contribution in [3.63, 3.8) is 0 Å². The minimum atomic E-state index is -3.23. The highest BCUT2D eigenvalue weighted by atomic mass is 32.2. The lowest BCUT2D eigenvalue weighted by atomic mass is 10.0. The number of carbonyl (C=O) groups excluding carboxylic acids is 1. The maximum Gasteiger partial charge on any atom is 0.336 e. The third kappa shape index (κ3) is 4.99. The average molecular weight is 407 g/mol. The van der Waals surface area contributed by atoms with E-state index >= 15 is 0 Å². The number of benzene rings is 1. The van der Waals surface area contributed by atoms with Crippen molar-refractivity contribution >= 4 is 26.9 Å². The van der Waals surface area contributed by atoms with Gasteiger partial charge in [-0.25, -0.2) is 13.2 Å². The highest BCUT2D eigenvalue weighted by Crippen LogP contribution is 2.22. The lowest BCUT2D eigenvalue weighted by Crippen LogP contribution is -2.44. The van der Waals surface area contributed by atoms with Crippen molar-refractivity contribution in [1.29, 1.82) is 0 Å². The third-order valence-electron chi connectivity index (χ3n) is 5.14. The zero-order chi connectivity index (χ0) is 20.3. The van der Waals surface area contributed by atoms with Crippen molar-refractivity contribution < 1.29 is 17.6 Å². The molecule has 0 radical (unpaired) electrons. The Labute approximate surface area is 164 Å². The van der Waals surface area contributed by atoms with Gasteiger partial charge in [-0.2, -0.15) is 4.31 Å². The van der Waals surface area contributed by atoms with Crippen LogP contribution in [0.5, 0.6) is 0 Å². The molecule has 0 aliphatic carbocycles. The second-order valence-electron chi connectivity index (χ2n) is 7.43. The number of rotatable bonds is 6. The molecule has 2 heterocycles. The predicted octanol–water partition coefficient (Wildman–Crippen LogP) is 1.96. The quantitative estimate of drug-likeness (QED) is 0.740. The van der Waals surface area contributed by atoms with Crippen LogP contribution in [0.15, 0.2) is 33.5 Å². The highest BCUT2D eigenvalue weighted by molar-refractivity contribution is 7.88. The highest BCUT2D eigenvalue weighted by Gasteiger charge is 2.28. The van der Waals surface area contributed by atoms with E-state index in [-0.39, 0.29) is 18.4 Å². The summed E-state index contributed by atoms with van der Waals surface area (Å²) in [6.45, 7) is 2.85. The van der Waals surface area contributed by atoms with Gasteiger partial charge in [0.05, 0.1) is 12.7 Å². The molecule has 3 rings (SSSR count). The van der Waals surface area contributed by atoms with Crippen molar-refractivity contribution in [2.75, 3.05) is 19.3 Å². The standard InChI is InChI=1S/C20H26N2O5S/c1-14-6-7-17-15(13-20(24)27-18(17)11-14)12-19(23)21-9-8-16-5-3-4-10-22(16)28(2,25)26/h6-7,11,13,16H,3-5,8-10,12H2,1-2H3,(H,21,23). The van der Waals surface area contributed by atoms with Crippen molar-refractivity contribution in [2.24, 2.45) is 0 Å². The SMILES string of the molecule is Cc1ccc2c(CC(=O)NCCC3CCCCN3S(C)(=O)=O)cc(=O)oc2c1. The molecule has 1 N–H and O–H groups in total. The predicted molar refractivity (Wildman–Crippen MR) is 108 cm³/mol. The van der Waals surface area contributed by atoms with Crippen molar-refractivity contribution in [3.8, 4) is 0 Å². The zero-order valence-corrected chi connectivity index (χ0v) is 17.0. The molecule has 1 unspecified atom stereocenters. The Kier molecular flexibility index (Phi) is 6.20. The molecule has 1 saturated heterocycles. The Morgan fingerprint density at radius 3 is 2.82 bits per heavy atom. The van der Waals surface area contributed by atoms with E-state index in [4.69, 9.17) is 4.42 Å². The molecule has 0 saturated carbocycles. The van der Waals surface area contributed by atoms with Crippen molar-refractivity contribution in [3.05, 3.63) is 45.8 Å². The van der Waals surface area contributed by atoms with E-state index in [2.05, 4.69) is 5.32 Å². The summed E-state index contributed by atoms with van der Waals surface area (Å²) in [5, 5.41) is 3.60. The van der Waals surface area contributed by atoms with E-state index in [0.29, 0.717) is 30.7 Å². The molecule has 0 spiro atoms. The zero-order valence-electron chi connectivity index (χ0n) is 16.2. The first-order chi connectivity index (χ1) is 13.2. The van der Waals surface area contributed by atoms with Gasteiger partial charge >= 0.3 is 5.63 Å². The molecule has 7 nitrogen and oxygen atoms in total. The van der Waals surface area contributed by atoms with Gasteiger partial charge in [0.2, 0.25) is 15.9 Å². The van der Waals surface area contributed by atoms with E-state index in [0.717, 1.165) is 30.2 Å². The molecular formula is C20H26N2O5S. The van der Waals surface area contributed by atoms with Gasteiger partial charge in [-0.3, -0.25) is 4.79 Å². The van der Waals surface area contributed by atoms with Gasteiger partial charge in [0, 0.05) is 30.6 Å². The van der Waals surface area contributed by atoms with Gasteiger partial charge in [0.1, 0.15) is 5.58 Å². The fraction of sp³-hybridized carbons (Fsp3) is 0.500. The fourth-order valence-electron chi connectivity index (χ4n) is 3.80. The maximum atomic E-state index is 12.4. The lowest BCUT2D eigenvalue weighted by Gasteiger charge is -2.33. The smallest absolute Gasteiger partial charge is 0.336 e. The van der Waals surface area contributed by atoms with Crippen LogP contribution < -0.4 is 10.9 Å². The number of fused-ring (bicyclic) bond motifs is 1. The molecule has 1 aliphatic heterocycles. The summed E-state index contributed by atoms with van der Waals surface area (Å²) < 4.78 is 30.6. The Morgan fingerprint density at radius 2 is 2.07 bits per heavy atom. The van der Waals surface area contributed by atoms with Gasteiger partial charge in [0.25, 0.3) is 0 Å². The van der Waals surface area contributed by atoms with E-state index in [1.54, 1.807) is 10.4 Å². The second-order valence-corrected chi connectivity index (χ2v) is 9.36. The largest absolute Gasteiger partial charge is 0.423 e. The maximum absolute atomic E-state index is 12.4. The molecule has 1 atom stereocenters. The number of piperidine rings is 1. The average Bonchev–Trinajstić information content (AvgIpc) is 2.60. The van der Waals surface area contributed by atoms with Gasteiger partial charge in [-0.1, -0.05) is 18.6 Å². The van der Waals surface area contributed by atoms with Gasteiger partial charge in [0.15, 0.2) is 0 Å². The van der Waals surface area contributed by atoms with Gasteiger partial charge in [-0.05, 0) is 43.4 Å². The number of sulfonamides is 1. The normalized spacial score (nSPS) is 18.3. The van der Waals surface area contributed by atoms with Crippen LogP contribution in [-0.4, -0.2) is 44.0 Å². The third-order valence-corrected chi connectivity index (χ3v) is 6.47. The second kappa shape index (κ2) is 8.45. The number of nitrogens with one attached hydrogen (secondary N) is 1. The van der Waals surface area contributed by atoms with Crippen LogP contribution in [0.3, 0.4) is 0 Å². The number of hydrogen-bond donors (Lipinski definition) is 1. The molecule has 1 fully saturated rings. The van der Waals surface area contributed by atoms with Gasteiger partial charge in [-0.15, -0.1) is 0 Å².